The van der Waals surface area contributed by atoms with E-state index >= 15 is 0 Å². The van der Waals surface area contributed by atoms with Crippen molar-refractivity contribution < 1.29 is 9.47 Å². The minimum atomic E-state index is -0.222. The molecule has 3 nitrogen and oxygen atoms in total. The number of piperidine rings is 1. The van der Waals surface area contributed by atoms with E-state index in [0.29, 0.717) is 11.3 Å². The smallest absolute Gasteiger partial charge is 0.127 e. The number of rotatable bonds is 0. The Morgan fingerprint density at radius 3 is 2.77 bits per heavy atom. The van der Waals surface area contributed by atoms with Crippen LogP contribution in [-0.2, 0) is 4.74 Å². The number of fused-ring (bicyclic) bond motifs is 3. The van der Waals surface area contributed by atoms with Crippen molar-refractivity contribution in [3.8, 4) is 5.75 Å². The van der Waals surface area contributed by atoms with Gasteiger partial charge in [0.25, 0.3) is 0 Å². The van der Waals surface area contributed by atoms with Gasteiger partial charge in [0, 0.05) is 16.5 Å². The highest BCUT2D eigenvalue weighted by molar-refractivity contribution is 6.30. The average Bonchev–Trinajstić information content (AvgIpc) is 2.48. The van der Waals surface area contributed by atoms with E-state index in [-0.39, 0.29) is 11.7 Å². The van der Waals surface area contributed by atoms with Crippen LogP contribution in [0.1, 0.15) is 44.8 Å². The molecule has 0 amide bonds. The minimum absolute atomic E-state index is 0.136. The van der Waals surface area contributed by atoms with Crippen molar-refractivity contribution in [2.75, 3.05) is 19.7 Å². The van der Waals surface area contributed by atoms with Crippen molar-refractivity contribution in [3.63, 3.8) is 0 Å². The van der Waals surface area contributed by atoms with E-state index < -0.39 is 0 Å². The molecule has 0 radical (unpaired) electrons. The Hall–Kier alpha value is -0.770. The molecule has 0 saturated carbocycles. The molecule has 0 aromatic heterocycles. The first-order chi connectivity index (χ1) is 10.5. The van der Waals surface area contributed by atoms with Gasteiger partial charge in [0.05, 0.1) is 12.7 Å². The first-order valence-electron chi connectivity index (χ1n) is 8.30. The summed E-state index contributed by atoms with van der Waals surface area (Å²) in [4.78, 5) is 0. The summed E-state index contributed by atoms with van der Waals surface area (Å²) in [7, 11) is 0. The van der Waals surface area contributed by atoms with Crippen LogP contribution in [0.5, 0.6) is 5.75 Å². The Morgan fingerprint density at radius 2 is 2.00 bits per heavy atom. The Bertz CT molecular complexity index is 580. The number of benzene rings is 1. The fourth-order valence-corrected chi connectivity index (χ4v) is 4.59. The molecule has 22 heavy (non-hydrogen) atoms. The molecule has 3 aliphatic heterocycles. The summed E-state index contributed by atoms with van der Waals surface area (Å²) >= 11 is 6.13. The van der Waals surface area contributed by atoms with Gasteiger partial charge in [-0.05, 0) is 63.7 Å². The quantitative estimate of drug-likeness (QED) is 0.784. The van der Waals surface area contributed by atoms with Crippen LogP contribution in [0.2, 0.25) is 5.02 Å². The van der Waals surface area contributed by atoms with Gasteiger partial charge in [-0.25, -0.2) is 0 Å². The van der Waals surface area contributed by atoms with Gasteiger partial charge in [-0.3, -0.25) is 0 Å². The minimum Gasteiger partial charge on any atom is -0.487 e. The number of hydrogen-bond acceptors (Lipinski definition) is 3. The van der Waals surface area contributed by atoms with Crippen LogP contribution < -0.4 is 10.1 Å². The lowest BCUT2D eigenvalue weighted by molar-refractivity contribution is -0.169. The van der Waals surface area contributed by atoms with Crippen LogP contribution in [0.25, 0.3) is 0 Å². The summed E-state index contributed by atoms with van der Waals surface area (Å²) in [6.07, 6.45) is 3.74. The number of hydrogen-bond donors (Lipinski definition) is 1. The molecule has 3 aliphatic rings. The largest absolute Gasteiger partial charge is 0.487 e. The van der Waals surface area contributed by atoms with E-state index in [4.69, 9.17) is 21.1 Å². The molecule has 1 aromatic rings. The molecular formula is C18H24ClNO2. The topological polar surface area (TPSA) is 30.5 Å². The molecule has 120 valence electrons. The predicted molar refractivity (Wildman–Crippen MR) is 87.5 cm³/mol. The molecule has 0 aliphatic carbocycles. The summed E-state index contributed by atoms with van der Waals surface area (Å²) in [5.74, 6) is 1.29. The van der Waals surface area contributed by atoms with E-state index in [0.717, 1.165) is 36.0 Å². The second-order valence-electron chi connectivity index (χ2n) is 7.68. The van der Waals surface area contributed by atoms with Crippen molar-refractivity contribution in [2.45, 2.75) is 44.8 Å². The lowest BCUT2D eigenvalue weighted by atomic mass is 9.64. The van der Waals surface area contributed by atoms with Crippen molar-refractivity contribution in [3.05, 3.63) is 28.8 Å². The maximum atomic E-state index is 6.43. The predicted octanol–water partition coefficient (Wildman–Crippen LogP) is 3.96. The molecule has 2 fully saturated rings. The molecule has 4 rings (SSSR count). The van der Waals surface area contributed by atoms with Gasteiger partial charge in [0.1, 0.15) is 11.4 Å². The number of halogens is 1. The first-order valence-corrected chi connectivity index (χ1v) is 8.68. The maximum Gasteiger partial charge on any atom is 0.127 e. The fraction of sp³-hybridized carbons (Fsp3) is 0.667. The molecule has 1 spiro atoms. The number of nitrogens with one attached hydrogen (secondary N) is 1. The zero-order chi connectivity index (χ0) is 15.4. The van der Waals surface area contributed by atoms with Gasteiger partial charge in [-0.2, -0.15) is 0 Å². The van der Waals surface area contributed by atoms with Crippen LogP contribution in [0.15, 0.2) is 18.2 Å². The van der Waals surface area contributed by atoms with Crippen molar-refractivity contribution in [2.24, 2.45) is 11.3 Å². The highest BCUT2D eigenvalue weighted by atomic mass is 35.5. The average molecular weight is 322 g/mol. The van der Waals surface area contributed by atoms with Crippen molar-refractivity contribution >= 4 is 11.6 Å². The Balaban J connectivity index is 1.69. The summed E-state index contributed by atoms with van der Waals surface area (Å²) in [6.45, 7) is 7.46. The number of ether oxygens (including phenoxy) is 2. The van der Waals surface area contributed by atoms with Gasteiger partial charge in [-0.15, -0.1) is 0 Å². The molecule has 1 aromatic carbocycles. The molecule has 2 saturated heterocycles. The molecular weight excluding hydrogens is 298 g/mol. The van der Waals surface area contributed by atoms with Gasteiger partial charge < -0.3 is 14.8 Å². The second kappa shape index (κ2) is 5.12. The first kappa shape index (κ1) is 14.8. The van der Waals surface area contributed by atoms with Crippen LogP contribution >= 0.6 is 11.6 Å². The SMILES string of the molecule is CC1(C)Oc2cc(Cl)ccc2[C@H]2OCC3(CCNCC3)C[C@@H]21. The molecule has 0 bridgehead atoms. The highest BCUT2D eigenvalue weighted by Crippen LogP contribution is 2.55. The van der Waals surface area contributed by atoms with Crippen LogP contribution in [0.4, 0.5) is 0 Å². The summed E-state index contributed by atoms with van der Waals surface area (Å²) in [5, 5.41) is 4.19. The fourth-order valence-electron chi connectivity index (χ4n) is 4.43. The Labute approximate surface area is 137 Å². The lowest BCUT2D eigenvalue weighted by Crippen LogP contribution is -2.53. The monoisotopic (exact) mass is 321 g/mol. The van der Waals surface area contributed by atoms with Gasteiger partial charge in [-0.1, -0.05) is 17.7 Å². The zero-order valence-electron chi connectivity index (χ0n) is 13.3. The molecule has 2 atom stereocenters. The standard InChI is InChI=1S/C18H24ClNO2/c1-17(2)14-10-18(5-7-20-8-6-18)11-21-16(14)13-4-3-12(19)9-15(13)22-17/h3-4,9,14,16,20H,5-8,10-11H2,1-2H3/t14-,16+/m0/s1. The molecule has 3 heterocycles. The molecule has 4 heteroatoms. The normalized spacial score (nSPS) is 32.0. The van der Waals surface area contributed by atoms with Crippen molar-refractivity contribution in [1.29, 1.82) is 0 Å². The second-order valence-corrected chi connectivity index (χ2v) is 8.12. The Morgan fingerprint density at radius 1 is 1.23 bits per heavy atom. The molecule has 1 N–H and O–H groups in total. The van der Waals surface area contributed by atoms with Crippen LogP contribution in [0, 0.1) is 11.3 Å². The van der Waals surface area contributed by atoms with Crippen molar-refractivity contribution in [1.82, 2.24) is 5.32 Å². The van der Waals surface area contributed by atoms with E-state index in [9.17, 15) is 0 Å². The maximum absolute atomic E-state index is 6.43. The van der Waals surface area contributed by atoms with Gasteiger partial charge >= 0.3 is 0 Å². The van der Waals surface area contributed by atoms with Gasteiger partial charge in [0.15, 0.2) is 0 Å². The van der Waals surface area contributed by atoms with E-state index in [1.54, 1.807) is 0 Å². The third kappa shape index (κ3) is 2.34. The lowest BCUT2D eigenvalue weighted by Gasteiger charge is -2.53. The molecule has 0 unspecified atom stereocenters. The van der Waals surface area contributed by atoms with Gasteiger partial charge in [0.2, 0.25) is 0 Å². The summed E-state index contributed by atoms with van der Waals surface area (Å²) in [6, 6.07) is 5.94. The van der Waals surface area contributed by atoms with E-state index in [1.807, 2.05) is 12.1 Å². The summed E-state index contributed by atoms with van der Waals surface area (Å²) in [5.41, 5.74) is 1.27. The van der Waals surface area contributed by atoms with E-state index in [2.05, 4.69) is 25.2 Å². The summed E-state index contributed by atoms with van der Waals surface area (Å²) < 4.78 is 12.7. The Kier molecular flexibility index (Phi) is 3.44. The highest BCUT2D eigenvalue weighted by Gasteiger charge is 2.52. The third-order valence-electron chi connectivity index (χ3n) is 5.80. The van der Waals surface area contributed by atoms with E-state index in [1.165, 1.54) is 19.3 Å². The van der Waals surface area contributed by atoms with Crippen LogP contribution in [-0.4, -0.2) is 25.3 Å². The van der Waals surface area contributed by atoms with Crippen LogP contribution in [0.3, 0.4) is 0 Å². The zero-order valence-corrected chi connectivity index (χ0v) is 14.1. The third-order valence-corrected chi connectivity index (χ3v) is 6.03.